The highest BCUT2D eigenvalue weighted by Crippen LogP contribution is 2.33. The molecule has 96 valence electrons. The van der Waals surface area contributed by atoms with Crippen molar-refractivity contribution in [1.29, 1.82) is 0 Å². The molecule has 0 aliphatic carbocycles. The number of nitrogens with zero attached hydrogens (tertiary/aromatic N) is 2. The molecule has 0 saturated heterocycles. The summed E-state index contributed by atoms with van der Waals surface area (Å²) < 4.78 is 1.24. The molecule has 0 bridgehead atoms. The van der Waals surface area contributed by atoms with Gasteiger partial charge in [0.1, 0.15) is 5.15 Å². The zero-order chi connectivity index (χ0) is 13.4. The number of thiophene rings is 1. The van der Waals surface area contributed by atoms with Crippen molar-refractivity contribution < 1.29 is 0 Å². The Balaban J connectivity index is 2.21. The number of halogens is 1. The second kappa shape index (κ2) is 4.91. The lowest BCUT2D eigenvalue weighted by atomic mass is 10.1. The Morgan fingerprint density at radius 3 is 2.74 bits per heavy atom. The van der Waals surface area contributed by atoms with E-state index in [1.54, 1.807) is 11.3 Å². The van der Waals surface area contributed by atoms with E-state index in [0.717, 1.165) is 11.3 Å². The Kier molecular flexibility index (Phi) is 3.25. The van der Waals surface area contributed by atoms with Gasteiger partial charge in [0.2, 0.25) is 0 Å². The van der Waals surface area contributed by atoms with Crippen LogP contribution >= 0.6 is 22.9 Å². The van der Waals surface area contributed by atoms with Gasteiger partial charge in [-0.1, -0.05) is 43.6 Å². The largest absolute Gasteiger partial charge is 0.233 e. The van der Waals surface area contributed by atoms with E-state index in [1.807, 2.05) is 18.2 Å². The van der Waals surface area contributed by atoms with Gasteiger partial charge in [-0.15, -0.1) is 11.3 Å². The summed E-state index contributed by atoms with van der Waals surface area (Å²) in [6, 6.07) is 10.1. The molecule has 0 atom stereocenters. The van der Waals surface area contributed by atoms with E-state index in [2.05, 4.69) is 41.3 Å². The predicted molar refractivity (Wildman–Crippen MR) is 82.0 cm³/mol. The highest BCUT2D eigenvalue weighted by molar-refractivity contribution is 7.17. The Labute approximate surface area is 121 Å². The molecule has 19 heavy (non-hydrogen) atoms. The Hall–Kier alpha value is -1.45. The second-order valence-corrected chi connectivity index (χ2v) is 6.04. The molecule has 1 aromatic carbocycles. The first-order valence-corrected chi connectivity index (χ1v) is 7.42. The van der Waals surface area contributed by atoms with Crippen molar-refractivity contribution >= 4 is 33.0 Å². The Morgan fingerprint density at radius 1 is 1.16 bits per heavy atom. The minimum atomic E-state index is 0.337. The molecule has 3 rings (SSSR count). The number of fused-ring (bicyclic) bond motifs is 1. The normalized spacial score (nSPS) is 11.4. The summed E-state index contributed by atoms with van der Waals surface area (Å²) in [6.45, 7) is 4.21. The van der Waals surface area contributed by atoms with Gasteiger partial charge in [0.15, 0.2) is 5.82 Å². The first-order chi connectivity index (χ1) is 9.15. The van der Waals surface area contributed by atoms with Crippen LogP contribution in [0.5, 0.6) is 0 Å². The third kappa shape index (κ3) is 2.36. The lowest BCUT2D eigenvalue weighted by Crippen LogP contribution is -1.97. The van der Waals surface area contributed by atoms with Crippen molar-refractivity contribution in [1.82, 2.24) is 9.97 Å². The smallest absolute Gasteiger partial charge is 0.162 e. The first-order valence-electron chi connectivity index (χ1n) is 6.16. The summed E-state index contributed by atoms with van der Waals surface area (Å²) in [5, 5.41) is 3.79. The highest BCUT2D eigenvalue weighted by atomic mass is 35.5. The zero-order valence-corrected chi connectivity index (χ0v) is 12.3. The van der Waals surface area contributed by atoms with Crippen LogP contribution in [-0.2, 0) is 0 Å². The fourth-order valence-corrected chi connectivity index (χ4v) is 3.13. The quantitative estimate of drug-likeness (QED) is 0.611. The molecular weight excluding hydrogens is 276 g/mol. The molecular formula is C15H13ClN2S. The fourth-order valence-electron chi connectivity index (χ4n) is 2.00. The van der Waals surface area contributed by atoms with Gasteiger partial charge in [-0.3, -0.25) is 0 Å². The van der Waals surface area contributed by atoms with Crippen molar-refractivity contribution in [2.75, 3.05) is 0 Å². The van der Waals surface area contributed by atoms with Crippen molar-refractivity contribution in [2.45, 2.75) is 19.8 Å². The molecule has 2 aromatic heterocycles. The molecule has 2 heterocycles. The molecule has 0 amide bonds. The van der Waals surface area contributed by atoms with Crippen molar-refractivity contribution in [3.63, 3.8) is 0 Å². The molecule has 0 saturated carbocycles. The van der Waals surface area contributed by atoms with Crippen LogP contribution in [0.25, 0.3) is 21.5 Å². The van der Waals surface area contributed by atoms with Crippen LogP contribution in [0.4, 0.5) is 0 Å². The standard InChI is InChI=1S/C15H13ClN2S/c1-9(2)12-7-14(16)18-15(17-12)11-8-19-13-6-4-3-5-10(11)13/h3-9H,1-2H3. The number of hydrogen-bond donors (Lipinski definition) is 0. The number of hydrogen-bond acceptors (Lipinski definition) is 3. The number of aromatic nitrogens is 2. The molecule has 4 heteroatoms. The van der Waals surface area contributed by atoms with Crippen molar-refractivity contribution in [3.05, 3.63) is 46.6 Å². The number of rotatable bonds is 2. The minimum Gasteiger partial charge on any atom is -0.233 e. The lowest BCUT2D eigenvalue weighted by Gasteiger charge is -2.07. The molecule has 0 unspecified atom stereocenters. The van der Waals surface area contributed by atoms with Gasteiger partial charge in [0.05, 0.1) is 0 Å². The van der Waals surface area contributed by atoms with E-state index >= 15 is 0 Å². The third-order valence-electron chi connectivity index (χ3n) is 3.03. The Morgan fingerprint density at radius 2 is 1.95 bits per heavy atom. The maximum atomic E-state index is 6.11. The van der Waals surface area contributed by atoms with Gasteiger partial charge in [-0.2, -0.15) is 0 Å². The first kappa shape index (κ1) is 12.6. The molecule has 0 spiro atoms. The summed E-state index contributed by atoms with van der Waals surface area (Å²) in [6.07, 6.45) is 0. The highest BCUT2D eigenvalue weighted by Gasteiger charge is 2.12. The van der Waals surface area contributed by atoms with Gasteiger partial charge in [-0.05, 0) is 18.1 Å². The molecule has 0 N–H and O–H groups in total. The van der Waals surface area contributed by atoms with Crippen LogP contribution in [0.3, 0.4) is 0 Å². The average Bonchev–Trinajstić information content (AvgIpc) is 2.81. The van der Waals surface area contributed by atoms with Gasteiger partial charge in [0.25, 0.3) is 0 Å². The van der Waals surface area contributed by atoms with E-state index < -0.39 is 0 Å². The zero-order valence-electron chi connectivity index (χ0n) is 10.7. The summed E-state index contributed by atoms with van der Waals surface area (Å²) in [5.74, 6) is 1.05. The van der Waals surface area contributed by atoms with Crippen molar-refractivity contribution in [2.24, 2.45) is 0 Å². The summed E-state index contributed by atoms with van der Waals surface area (Å²) >= 11 is 7.82. The molecule has 0 aliphatic heterocycles. The molecule has 0 aliphatic rings. The third-order valence-corrected chi connectivity index (χ3v) is 4.19. The predicted octanol–water partition coefficient (Wildman–Crippen LogP) is 5.14. The maximum Gasteiger partial charge on any atom is 0.162 e. The molecule has 0 radical (unpaired) electrons. The van der Waals surface area contributed by atoms with Crippen LogP contribution in [-0.4, -0.2) is 9.97 Å². The van der Waals surface area contributed by atoms with E-state index in [9.17, 15) is 0 Å². The van der Waals surface area contributed by atoms with E-state index in [1.165, 1.54) is 10.1 Å². The second-order valence-electron chi connectivity index (χ2n) is 4.74. The molecule has 0 fully saturated rings. The van der Waals surface area contributed by atoms with Gasteiger partial charge in [0, 0.05) is 26.7 Å². The lowest BCUT2D eigenvalue weighted by molar-refractivity contribution is 0.817. The number of benzene rings is 1. The summed E-state index contributed by atoms with van der Waals surface area (Å²) in [7, 11) is 0. The van der Waals surface area contributed by atoms with Crippen LogP contribution in [0.2, 0.25) is 5.15 Å². The Bertz CT molecular complexity index is 734. The topological polar surface area (TPSA) is 25.8 Å². The van der Waals surface area contributed by atoms with E-state index in [4.69, 9.17) is 11.6 Å². The summed E-state index contributed by atoms with van der Waals surface area (Å²) in [4.78, 5) is 9.01. The van der Waals surface area contributed by atoms with Gasteiger partial charge in [-0.25, -0.2) is 9.97 Å². The van der Waals surface area contributed by atoms with E-state index in [-0.39, 0.29) is 0 Å². The average molecular weight is 289 g/mol. The fraction of sp³-hybridized carbons (Fsp3) is 0.200. The van der Waals surface area contributed by atoms with Crippen LogP contribution in [0.15, 0.2) is 35.7 Å². The van der Waals surface area contributed by atoms with Crippen LogP contribution in [0, 0.1) is 0 Å². The van der Waals surface area contributed by atoms with Crippen LogP contribution in [0.1, 0.15) is 25.5 Å². The van der Waals surface area contributed by atoms with Gasteiger partial charge < -0.3 is 0 Å². The van der Waals surface area contributed by atoms with Gasteiger partial charge >= 0.3 is 0 Å². The van der Waals surface area contributed by atoms with E-state index in [0.29, 0.717) is 16.9 Å². The minimum absolute atomic E-state index is 0.337. The monoisotopic (exact) mass is 288 g/mol. The molecule has 3 aromatic rings. The summed E-state index contributed by atoms with van der Waals surface area (Å²) in [5.41, 5.74) is 2.04. The van der Waals surface area contributed by atoms with Crippen molar-refractivity contribution in [3.8, 4) is 11.4 Å². The SMILES string of the molecule is CC(C)c1cc(Cl)nc(-c2csc3ccccc23)n1. The maximum absolute atomic E-state index is 6.11. The van der Waals surface area contributed by atoms with Crippen LogP contribution < -0.4 is 0 Å². The molecule has 2 nitrogen and oxygen atoms in total.